The Balaban J connectivity index is 1.58. The number of carbonyl (C=O) groups is 2. The van der Waals surface area contributed by atoms with E-state index in [1.54, 1.807) is 12.1 Å². The topological polar surface area (TPSA) is 49.4 Å². The number of hydrogen-bond donors (Lipinski definition) is 1. The van der Waals surface area contributed by atoms with Crippen molar-refractivity contribution in [1.82, 2.24) is 4.90 Å². The van der Waals surface area contributed by atoms with Gasteiger partial charge in [-0.1, -0.05) is 45.0 Å². The number of rotatable bonds is 6. The van der Waals surface area contributed by atoms with Crippen molar-refractivity contribution in [2.24, 2.45) is 11.8 Å². The number of nitrogens with zero attached hydrogens (tertiary/aromatic N) is 1. The molecule has 1 aliphatic rings. The molecule has 1 heterocycles. The Morgan fingerprint density at radius 1 is 0.967 bits per heavy atom. The van der Waals surface area contributed by atoms with E-state index < -0.39 is 0 Å². The molecule has 4 nitrogen and oxygen atoms in total. The van der Waals surface area contributed by atoms with Crippen molar-refractivity contribution >= 4 is 17.5 Å². The summed E-state index contributed by atoms with van der Waals surface area (Å²) >= 11 is 0. The van der Waals surface area contributed by atoms with Crippen LogP contribution in [0.1, 0.15) is 67.9 Å². The summed E-state index contributed by atoms with van der Waals surface area (Å²) in [5.74, 6) is 1.10. The molecule has 0 aromatic heterocycles. The molecule has 1 atom stereocenters. The highest BCUT2D eigenvalue weighted by Gasteiger charge is 2.21. The Labute approximate surface area is 180 Å². The van der Waals surface area contributed by atoms with E-state index in [4.69, 9.17) is 0 Å². The standard InChI is InChI=1S/C26H34N2O2/c1-18(2)17-21-5-7-22(8-6-21)20(4)25(29)27-24-11-9-23(10-12-24)26(30)28-15-13-19(3)14-16-28/h5-12,18-20H,13-17H2,1-4H3,(H,27,29). The van der Waals surface area contributed by atoms with Gasteiger partial charge < -0.3 is 10.2 Å². The molecule has 4 heteroatoms. The van der Waals surface area contributed by atoms with Gasteiger partial charge >= 0.3 is 0 Å². The normalized spacial score (nSPS) is 15.8. The van der Waals surface area contributed by atoms with Crippen LogP contribution in [-0.2, 0) is 11.2 Å². The maximum Gasteiger partial charge on any atom is 0.253 e. The van der Waals surface area contributed by atoms with Gasteiger partial charge in [-0.3, -0.25) is 9.59 Å². The van der Waals surface area contributed by atoms with Gasteiger partial charge in [0.05, 0.1) is 5.92 Å². The molecule has 0 aliphatic carbocycles. The Bertz CT molecular complexity index is 848. The minimum Gasteiger partial charge on any atom is -0.339 e. The monoisotopic (exact) mass is 406 g/mol. The number of anilines is 1. The van der Waals surface area contributed by atoms with E-state index in [-0.39, 0.29) is 17.7 Å². The molecule has 0 radical (unpaired) electrons. The van der Waals surface area contributed by atoms with Gasteiger partial charge in [0.2, 0.25) is 5.91 Å². The van der Waals surface area contributed by atoms with E-state index in [2.05, 4.69) is 38.2 Å². The third-order valence-corrected chi connectivity index (χ3v) is 5.99. The molecular weight excluding hydrogens is 372 g/mol. The van der Waals surface area contributed by atoms with Crippen LogP contribution in [0.3, 0.4) is 0 Å². The summed E-state index contributed by atoms with van der Waals surface area (Å²) in [5.41, 5.74) is 3.69. The van der Waals surface area contributed by atoms with Crippen LogP contribution in [0.5, 0.6) is 0 Å². The van der Waals surface area contributed by atoms with Crippen LogP contribution in [0.25, 0.3) is 0 Å². The van der Waals surface area contributed by atoms with Crippen LogP contribution in [0.2, 0.25) is 0 Å². The highest BCUT2D eigenvalue weighted by atomic mass is 16.2. The molecule has 2 aromatic carbocycles. The molecule has 2 amide bonds. The molecule has 30 heavy (non-hydrogen) atoms. The molecule has 0 saturated carbocycles. The fraction of sp³-hybridized carbons (Fsp3) is 0.462. The van der Waals surface area contributed by atoms with Gasteiger partial charge in [-0.2, -0.15) is 0 Å². The highest BCUT2D eigenvalue weighted by Crippen LogP contribution is 2.21. The van der Waals surface area contributed by atoms with Crippen molar-refractivity contribution in [3.8, 4) is 0 Å². The first-order chi connectivity index (χ1) is 14.3. The van der Waals surface area contributed by atoms with Gasteiger partial charge in [0, 0.05) is 24.3 Å². The van der Waals surface area contributed by atoms with Crippen molar-refractivity contribution < 1.29 is 9.59 Å². The van der Waals surface area contributed by atoms with E-state index in [1.807, 2.05) is 36.1 Å². The fourth-order valence-corrected chi connectivity index (χ4v) is 3.91. The van der Waals surface area contributed by atoms with Crippen LogP contribution in [0.15, 0.2) is 48.5 Å². The zero-order chi connectivity index (χ0) is 21.7. The number of amides is 2. The second-order valence-corrected chi connectivity index (χ2v) is 9.10. The molecular formula is C26H34N2O2. The predicted octanol–water partition coefficient (Wildman–Crippen LogP) is 5.50. The van der Waals surface area contributed by atoms with Crippen LogP contribution in [0, 0.1) is 11.8 Å². The van der Waals surface area contributed by atoms with Crippen LogP contribution in [0.4, 0.5) is 5.69 Å². The number of carbonyl (C=O) groups excluding carboxylic acids is 2. The first-order valence-electron chi connectivity index (χ1n) is 11.1. The molecule has 0 spiro atoms. The highest BCUT2D eigenvalue weighted by molar-refractivity contribution is 5.97. The van der Waals surface area contributed by atoms with Gasteiger partial charge in [0.1, 0.15) is 0 Å². The summed E-state index contributed by atoms with van der Waals surface area (Å²) in [6.07, 6.45) is 3.18. The van der Waals surface area contributed by atoms with Crippen molar-refractivity contribution in [3.05, 3.63) is 65.2 Å². The van der Waals surface area contributed by atoms with E-state index >= 15 is 0 Å². The molecule has 0 bridgehead atoms. The smallest absolute Gasteiger partial charge is 0.253 e. The zero-order valence-corrected chi connectivity index (χ0v) is 18.7. The number of hydrogen-bond acceptors (Lipinski definition) is 2. The Hall–Kier alpha value is -2.62. The maximum absolute atomic E-state index is 12.7. The number of benzene rings is 2. The Morgan fingerprint density at radius 2 is 1.57 bits per heavy atom. The van der Waals surface area contributed by atoms with Crippen molar-refractivity contribution in [2.75, 3.05) is 18.4 Å². The van der Waals surface area contributed by atoms with Crippen molar-refractivity contribution in [2.45, 2.75) is 52.9 Å². The maximum atomic E-state index is 12.7. The molecule has 1 aliphatic heterocycles. The molecule has 1 fully saturated rings. The molecule has 1 unspecified atom stereocenters. The molecule has 1 saturated heterocycles. The SMILES string of the molecule is CC(C)Cc1ccc(C(C)C(=O)Nc2ccc(C(=O)N3CCC(C)CC3)cc2)cc1. The quantitative estimate of drug-likeness (QED) is 0.689. The number of nitrogens with one attached hydrogen (secondary N) is 1. The first-order valence-corrected chi connectivity index (χ1v) is 11.1. The third-order valence-electron chi connectivity index (χ3n) is 5.99. The second kappa shape index (κ2) is 9.92. The van der Waals surface area contributed by atoms with Gasteiger partial charge in [0.25, 0.3) is 5.91 Å². The van der Waals surface area contributed by atoms with Gasteiger partial charge in [0.15, 0.2) is 0 Å². The average molecular weight is 407 g/mol. The predicted molar refractivity (Wildman–Crippen MR) is 123 cm³/mol. The first kappa shape index (κ1) is 22.1. The van der Waals surface area contributed by atoms with E-state index in [1.165, 1.54) is 5.56 Å². The Morgan fingerprint density at radius 3 is 2.13 bits per heavy atom. The van der Waals surface area contributed by atoms with Crippen molar-refractivity contribution in [1.29, 1.82) is 0 Å². The van der Waals surface area contributed by atoms with Crippen molar-refractivity contribution in [3.63, 3.8) is 0 Å². The lowest BCUT2D eigenvalue weighted by atomic mass is 9.96. The zero-order valence-electron chi connectivity index (χ0n) is 18.7. The minimum absolute atomic E-state index is 0.0456. The van der Waals surface area contributed by atoms with Gasteiger partial charge in [-0.25, -0.2) is 0 Å². The number of piperidine rings is 1. The minimum atomic E-state index is -0.241. The summed E-state index contributed by atoms with van der Waals surface area (Å²) in [5, 5.41) is 2.97. The number of likely N-dealkylation sites (tertiary alicyclic amines) is 1. The molecule has 160 valence electrons. The van der Waals surface area contributed by atoms with E-state index in [0.29, 0.717) is 23.1 Å². The lowest BCUT2D eigenvalue weighted by molar-refractivity contribution is -0.117. The Kier molecular flexibility index (Phi) is 7.30. The second-order valence-electron chi connectivity index (χ2n) is 9.10. The lowest BCUT2D eigenvalue weighted by Gasteiger charge is -2.30. The summed E-state index contributed by atoms with van der Waals surface area (Å²) in [7, 11) is 0. The molecule has 3 rings (SSSR count). The summed E-state index contributed by atoms with van der Waals surface area (Å²) in [4.78, 5) is 27.3. The third kappa shape index (κ3) is 5.71. The molecule has 1 N–H and O–H groups in total. The summed E-state index contributed by atoms with van der Waals surface area (Å²) in [6.45, 7) is 10.2. The van der Waals surface area contributed by atoms with E-state index in [0.717, 1.165) is 37.9 Å². The summed E-state index contributed by atoms with van der Waals surface area (Å²) < 4.78 is 0. The average Bonchev–Trinajstić information content (AvgIpc) is 2.74. The molecule has 2 aromatic rings. The summed E-state index contributed by atoms with van der Waals surface area (Å²) in [6, 6.07) is 15.6. The van der Waals surface area contributed by atoms with E-state index in [9.17, 15) is 9.59 Å². The fourth-order valence-electron chi connectivity index (χ4n) is 3.91. The van der Waals surface area contributed by atoms with Gasteiger partial charge in [-0.05, 0) is 73.4 Å². The lowest BCUT2D eigenvalue weighted by Crippen LogP contribution is -2.37. The van der Waals surface area contributed by atoms with Crippen LogP contribution < -0.4 is 5.32 Å². The van der Waals surface area contributed by atoms with Gasteiger partial charge in [-0.15, -0.1) is 0 Å². The largest absolute Gasteiger partial charge is 0.339 e. The van der Waals surface area contributed by atoms with Crippen LogP contribution >= 0.6 is 0 Å². The van der Waals surface area contributed by atoms with Crippen LogP contribution in [-0.4, -0.2) is 29.8 Å².